The van der Waals surface area contributed by atoms with Crippen molar-refractivity contribution in [3.8, 4) is 0 Å². The molecule has 1 aliphatic rings. The molecule has 1 aromatic rings. The van der Waals surface area contributed by atoms with Gasteiger partial charge in [-0.1, -0.05) is 30.3 Å². The Morgan fingerprint density at radius 2 is 2.14 bits per heavy atom. The highest BCUT2D eigenvalue weighted by molar-refractivity contribution is 8.00. The summed E-state index contributed by atoms with van der Waals surface area (Å²) in [4.78, 5) is 10.7. The van der Waals surface area contributed by atoms with Crippen molar-refractivity contribution in [2.45, 2.75) is 24.0 Å². The van der Waals surface area contributed by atoms with Gasteiger partial charge in [-0.2, -0.15) is 0 Å². The van der Waals surface area contributed by atoms with Crippen LogP contribution < -0.4 is 0 Å². The Morgan fingerprint density at radius 3 is 2.71 bits per heavy atom. The van der Waals surface area contributed by atoms with Gasteiger partial charge in [0.1, 0.15) is 6.29 Å². The van der Waals surface area contributed by atoms with Crippen LogP contribution in [0.1, 0.15) is 24.8 Å². The average Bonchev–Trinajstić information content (AvgIpc) is 2.70. The molecular weight excluding hydrogens is 192 g/mol. The van der Waals surface area contributed by atoms with E-state index in [1.54, 1.807) is 0 Å². The smallest absolute Gasteiger partial charge is 0.121 e. The molecule has 1 aliphatic heterocycles. The van der Waals surface area contributed by atoms with Gasteiger partial charge < -0.3 is 4.79 Å². The lowest BCUT2D eigenvalue weighted by Gasteiger charge is -2.26. The molecule has 1 heterocycles. The zero-order valence-corrected chi connectivity index (χ0v) is 8.93. The average molecular weight is 206 g/mol. The number of carbonyl (C=O) groups excluding carboxylic acids is 1. The maximum atomic E-state index is 10.7. The maximum Gasteiger partial charge on any atom is 0.121 e. The second-order valence-corrected chi connectivity index (χ2v) is 5.16. The lowest BCUT2D eigenvalue weighted by Crippen LogP contribution is -2.18. The van der Waals surface area contributed by atoms with E-state index < -0.39 is 0 Å². The zero-order chi connectivity index (χ0) is 9.86. The molecule has 14 heavy (non-hydrogen) atoms. The van der Waals surface area contributed by atoms with Gasteiger partial charge in [0, 0.05) is 11.2 Å². The van der Waals surface area contributed by atoms with Crippen molar-refractivity contribution in [1.29, 1.82) is 0 Å². The normalized spacial score (nSPS) is 26.3. The zero-order valence-electron chi connectivity index (χ0n) is 8.11. The van der Waals surface area contributed by atoms with Crippen LogP contribution in [0.5, 0.6) is 0 Å². The van der Waals surface area contributed by atoms with E-state index in [-0.39, 0.29) is 4.75 Å². The third-order valence-electron chi connectivity index (χ3n) is 2.82. The quantitative estimate of drug-likeness (QED) is 0.707. The third-order valence-corrected chi connectivity index (χ3v) is 4.47. The molecule has 0 bridgehead atoms. The largest absolute Gasteiger partial charge is 0.303 e. The van der Waals surface area contributed by atoms with Crippen LogP contribution in [0.3, 0.4) is 0 Å². The number of aldehydes is 1. The Hall–Kier alpha value is -0.760. The number of thioether (sulfide) groups is 1. The lowest BCUT2D eigenvalue weighted by molar-refractivity contribution is -0.108. The van der Waals surface area contributed by atoms with Crippen molar-refractivity contribution in [1.82, 2.24) is 0 Å². The van der Waals surface area contributed by atoms with Crippen molar-refractivity contribution < 1.29 is 4.79 Å². The molecule has 1 unspecified atom stereocenters. The van der Waals surface area contributed by atoms with E-state index in [1.807, 2.05) is 17.8 Å². The first-order valence-electron chi connectivity index (χ1n) is 5.00. The van der Waals surface area contributed by atoms with Gasteiger partial charge in [-0.15, -0.1) is 11.8 Å². The van der Waals surface area contributed by atoms with Gasteiger partial charge in [0.2, 0.25) is 0 Å². The molecule has 1 fully saturated rings. The molecule has 2 rings (SSSR count). The predicted molar refractivity (Wildman–Crippen MR) is 60.5 cm³/mol. The molecule has 0 aromatic heterocycles. The lowest BCUT2D eigenvalue weighted by atomic mass is 9.91. The first-order chi connectivity index (χ1) is 6.87. The highest BCUT2D eigenvalue weighted by Gasteiger charge is 2.35. The predicted octanol–water partition coefficient (Wildman–Crippen LogP) is 3.00. The van der Waals surface area contributed by atoms with Crippen LogP contribution in [-0.4, -0.2) is 12.0 Å². The Morgan fingerprint density at radius 1 is 1.36 bits per heavy atom. The Bertz CT molecular complexity index is 301. The Labute approximate surface area is 88.9 Å². The van der Waals surface area contributed by atoms with E-state index in [1.165, 1.54) is 17.7 Å². The summed E-state index contributed by atoms with van der Waals surface area (Å²) in [6.45, 7) is 0. The fraction of sp³-hybridized carbons (Fsp3) is 0.417. The SMILES string of the molecule is O=CCC1(c2ccccc2)CCCS1. The number of carbonyl (C=O) groups is 1. The fourth-order valence-electron chi connectivity index (χ4n) is 2.08. The number of hydrogen-bond donors (Lipinski definition) is 0. The van der Waals surface area contributed by atoms with Crippen LogP contribution >= 0.6 is 11.8 Å². The van der Waals surface area contributed by atoms with Crippen molar-refractivity contribution in [3.05, 3.63) is 35.9 Å². The van der Waals surface area contributed by atoms with Gasteiger partial charge >= 0.3 is 0 Å². The highest BCUT2D eigenvalue weighted by atomic mass is 32.2. The number of hydrogen-bond acceptors (Lipinski definition) is 2. The van der Waals surface area contributed by atoms with Gasteiger partial charge in [0.25, 0.3) is 0 Å². The summed E-state index contributed by atoms with van der Waals surface area (Å²) in [5.74, 6) is 1.18. The highest BCUT2D eigenvalue weighted by Crippen LogP contribution is 2.48. The van der Waals surface area contributed by atoms with Crippen molar-refractivity contribution in [2.24, 2.45) is 0 Å². The standard InChI is InChI=1S/C12H14OS/c13-9-8-12(7-4-10-14-12)11-5-2-1-3-6-11/h1-3,5-6,9H,4,7-8,10H2. The van der Waals surface area contributed by atoms with E-state index in [0.717, 1.165) is 12.7 Å². The molecule has 1 atom stereocenters. The summed E-state index contributed by atoms with van der Waals surface area (Å²) in [6.07, 6.45) is 4.08. The Kier molecular flexibility index (Phi) is 2.92. The van der Waals surface area contributed by atoms with E-state index in [9.17, 15) is 4.79 Å². The van der Waals surface area contributed by atoms with Gasteiger partial charge in [0.05, 0.1) is 0 Å². The summed E-state index contributed by atoms with van der Waals surface area (Å²) < 4.78 is 0.0863. The molecular formula is C12H14OS. The van der Waals surface area contributed by atoms with Crippen LogP contribution in [0.25, 0.3) is 0 Å². The third kappa shape index (κ3) is 1.71. The minimum Gasteiger partial charge on any atom is -0.303 e. The van der Waals surface area contributed by atoms with Crippen LogP contribution in [-0.2, 0) is 9.54 Å². The molecule has 1 nitrogen and oxygen atoms in total. The molecule has 0 N–H and O–H groups in total. The van der Waals surface area contributed by atoms with Crippen LogP contribution in [0.2, 0.25) is 0 Å². The summed E-state index contributed by atoms with van der Waals surface area (Å²) in [7, 11) is 0. The minimum absolute atomic E-state index is 0.0863. The van der Waals surface area contributed by atoms with E-state index in [0.29, 0.717) is 6.42 Å². The van der Waals surface area contributed by atoms with Gasteiger partial charge in [-0.05, 0) is 24.2 Å². The first-order valence-corrected chi connectivity index (χ1v) is 5.99. The van der Waals surface area contributed by atoms with Gasteiger partial charge in [-0.25, -0.2) is 0 Å². The van der Waals surface area contributed by atoms with Gasteiger partial charge in [0.15, 0.2) is 0 Å². The monoisotopic (exact) mass is 206 g/mol. The topological polar surface area (TPSA) is 17.1 Å². The summed E-state index contributed by atoms with van der Waals surface area (Å²) in [6, 6.07) is 10.4. The molecule has 74 valence electrons. The molecule has 2 heteroatoms. The summed E-state index contributed by atoms with van der Waals surface area (Å²) >= 11 is 1.94. The van der Waals surface area contributed by atoms with Crippen LogP contribution in [0.4, 0.5) is 0 Å². The second kappa shape index (κ2) is 4.18. The molecule has 0 spiro atoms. The molecule has 1 aromatic carbocycles. The summed E-state index contributed by atoms with van der Waals surface area (Å²) in [5, 5.41) is 0. The molecule has 0 radical (unpaired) electrons. The van der Waals surface area contributed by atoms with E-state index >= 15 is 0 Å². The minimum atomic E-state index is 0.0863. The molecule has 0 amide bonds. The summed E-state index contributed by atoms with van der Waals surface area (Å²) in [5.41, 5.74) is 1.31. The fourth-order valence-corrected chi connectivity index (χ4v) is 3.54. The maximum absolute atomic E-state index is 10.7. The number of benzene rings is 1. The van der Waals surface area contributed by atoms with E-state index in [2.05, 4.69) is 24.3 Å². The van der Waals surface area contributed by atoms with Crippen molar-refractivity contribution in [2.75, 3.05) is 5.75 Å². The second-order valence-electron chi connectivity index (χ2n) is 3.68. The number of rotatable bonds is 3. The van der Waals surface area contributed by atoms with Crippen LogP contribution in [0, 0.1) is 0 Å². The van der Waals surface area contributed by atoms with Crippen LogP contribution in [0.15, 0.2) is 30.3 Å². The van der Waals surface area contributed by atoms with Crippen molar-refractivity contribution >= 4 is 18.0 Å². The molecule has 0 saturated carbocycles. The first kappa shape index (κ1) is 9.78. The van der Waals surface area contributed by atoms with Gasteiger partial charge in [-0.3, -0.25) is 0 Å². The molecule has 1 saturated heterocycles. The van der Waals surface area contributed by atoms with E-state index in [4.69, 9.17) is 0 Å². The molecule has 0 aliphatic carbocycles. The van der Waals surface area contributed by atoms with Crippen molar-refractivity contribution in [3.63, 3.8) is 0 Å². The Balaban J connectivity index is 2.31.